The molecule has 3 rings (SSSR count). The summed E-state index contributed by atoms with van der Waals surface area (Å²) in [7, 11) is 0. The molecule has 0 aliphatic rings. The third-order valence-electron chi connectivity index (χ3n) is 3.29. The third-order valence-corrected chi connectivity index (χ3v) is 3.29. The van der Waals surface area contributed by atoms with Crippen LogP contribution in [0.15, 0.2) is 41.2 Å². The maximum atomic E-state index is 12.5. The van der Waals surface area contributed by atoms with Gasteiger partial charge in [0.25, 0.3) is 0 Å². The van der Waals surface area contributed by atoms with Crippen LogP contribution in [0.1, 0.15) is 23.2 Å². The molecular formula is C16H13F3N4O4. The van der Waals surface area contributed by atoms with E-state index in [9.17, 15) is 18.0 Å². The van der Waals surface area contributed by atoms with Crippen molar-refractivity contribution >= 4 is 5.97 Å². The van der Waals surface area contributed by atoms with E-state index < -0.39 is 18.0 Å². The fraction of sp³-hybridized carbons (Fsp3) is 0.250. The summed E-state index contributed by atoms with van der Waals surface area (Å²) in [4.78, 5) is 14.9. The zero-order chi connectivity index (χ0) is 19.4. The minimum absolute atomic E-state index is 0.0270. The molecule has 2 aromatic heterocycles. The van der Waals surface area contributed by atoms with Gasteiger partial charge in [0.15, 0.2) is 6.73 Å². The summed E-state index contributed by atoms with van der Waals surface area (Å²) in [6.45, 7) is 1.99. The van der Waals surface area contributed by atoms with Crippen molar-refractivity contribution in [2.75, 3.05) is 6.61 Å². The first-order valence-electron chi connectivity index (χ1n) is 7.70. The van der Waals surface area contributed by atoms with Gasteiger partial charge in [-0.25, -0.2) is 9.48 Å². The molecule has 27 heavy (non-hydrogen) atoms. The Kier molecular flexibility index (Phi) is 5.10. The summed E-state index contributed by atoms with van der Waals surface area (Å²) in [6, 6.07) is 6.06. The van der Waals surface area contributed by atoms with Crippen LogP contribution in [0.3, 0.4) is 0 Å². The van der Waals surface area contributed by atoms with Crippen molar-refractivity contribution in [1.82, 2.24) is 19.9 Å². The summed E-state index contributed by atoms with van der Waals surface area (Å²) in [6.07, 6.45) is -1.86. The normalized spacial score (nSPS) is 11.4. The van der Waals surface area contributed by atoms with Gasteiger partial charge in [0, 0.05) is 11.8 Å². The molecular weight excluding hydrogens is 369 g/mol. The van der Waals surface area contributed by atoms with Gasteiger partial charge in [-0.1, -0.05) is 5.16 Å². The maximum Gasteiger partial charge on any atom is 0.471 e. The Morgan fingerprint density at radius 2 is 2.00 bits per heavy atom. The van der Waals surface area contributed by atoms with Gasteiger partial charge in [-0.2, -0.15) is 23.3 Å². The van der Waals surface area contributed by atoms with Gasteiger partial charge in [-0.05, 0) is 31.2 Å². The lowest BCUT2D eigenvalue weighted by atomic mass is 10.2. The van der Waals surface area contributed by atoms with Crippen molar-refractivity contribution in [1.29, 1.82) is 0 Å². The average Bonchev–Trinajstić information content (AvgIpc) is 3.30. The Bertz CT molecular complexity index is 918. The lowest BCUT2D eigenvalue weighted by molar-refractivity contribution is -0.159. The van der Waals surface area contributed by atoms with Crippen molar-refractivity contribution in [3.63, 3.8) is 0 Å². The van der Waals surface area contributed by atoms with E-state index in [1.807, 2.05) is 0 Å². The average molecular weight is 382 g/mol. The molecule has 0 radical (unpaired) electrons. The van der Waals surface area contributed by atoms with Crippen LogP contribution in [0.4, 0.5) is 13.2 Å². The van der Waals surface area contributed by atoms with Gasteiger partial charge in [0.05, 0.1) is 18.4 Å². The van der Waals surface area contributed by atoms with E-state index >= 15 is 0 Å². The topological polar surface area (TPSA) is 92.3 Å². The molecule has 0 saturated heterocycles. The fourth-order valence-electron chi connectivity index (χ4n) is 2.05. The van der Waals surface area contributed by atoms with Crippen LogP contribution < -0.4 is 4.74 Å². The SMILES string of the molecule is CCOC(=O)c1cnn(COc2ccc(-c3noc(C(F)(F)F)n3)cc2)c1. The molecule has 0 unspecified atom stereocenters. The van der Waals surface area contributed by atoms with Crippen molar-refractivity contribution < 1.29 is 32.0 Å². The molecule has 11 heteroatoms. The third kappa shape index (κ3) is 4.43. The molecule has 0 aliphatic carbocycles. The van der Waals surface area contributed by atoms with E-state index in [0.29, 0.717) is 16.9 Å². The van der Waals surface area contributed by atoms with E-state index in [2.05, 4.69) is 19.8 Å². The van der Waals surface area contributed by atoms with Crippen molar-refractivity contribution in [3.8, 4) is 17.1 Å². The van der Waals surface area contributed by atoms with Gasteiger partial charge >= 0.3 is 18.0 Å². The van der Waals surface area contributed by atoms with Crippen molar-refractivity contribution in [3.05, 3.63) is 48.1 Å². The number of hydrogen-bond donors (Lipinski definition) is 0. The van der Waals surface area contributed by atoms with Gasteiger partial charge in [0.2, 0.25) is 5.82 Å². The number of esters is 1. The number of benzene rings is 1. The molecule has 0 bridgehead atoms. The molecule has 142 valence electrons. The highest BCUT2D eigenvalue weighted by Crippen LogP contribution is 2.29. The van der Waals surface area contributed by atoms with Crippen LogP contribution in [-0.2, 0) is 17.6 Å². The molecule has 1 aromatic carbocycles. The second-order valence-corrected chi connectivity index (χ2v) is 5.21. The van der Waals surface area contributed by atoms with Crippen LogP contribution in [0, 0.1) is 0 Å². The predicted molar refractivity (Wildman–Crippen MR) is 83.5 cm³/mol. The van der Waals surface area contributed by atoms with Gasteiger partial charge in [-0.3, -0.25) is 0 Å². The molecule has 8 nitrogen and oxygen atoms in total. The molecule has 3 aromatic rings. The number of halogens is 3. The Morgan fingerprint density at radius 1 is 1.26 bits per heavy atom. The smallest absolute Gasteiger partial charge is 0.471 e. The molecule has 0 fully saturated rings. The molecule has 0 amide bonds. The highest BCUT2D eigenvalue weighted by molar-refractivity contribution is 5.88. The monoisotopic (exact) mass is 382 g/mol. The Hall–Kier alpha value is -3.37. The number of hydrogen-bond acceptors (Lipinski definition) is 7. The van der Waals surface area contributed by atoms with Gasteiger partial charge in [-0.15, -0.1) is 0 Å². The maximum absolute atomic E-state index is 12.5. The van der Waals surface area contributed by atoms with E-state index in [-0.39, 0.29) is 19.2 Å². The van der Waals surface area contributed by atoms with Crippen molar-refractivity contribution in [2.24, 2.45) is 0 Å². The number of rotatable bonds is 6. The summed E-state index contributed by atoms with van der Waals surface area (Å²) in [5.74, 6) is -1.63. The first-order valence-corrected chi connectivity index (χ1v) is 7.70. The number of carbonyl (C=O) groups excluding carboxylic acids is 1. The minimum Gasteiger partial charge on any atom is -0.471 e. The molecule has 0 aliphatic heterocycles. The van der Waals surface area contributed by atoms with Crippen molar-refractivity contribution in [2.45, 2.75) is 19.8 Å². The number of aromatic nitrogens is 4. The summed E-state index contributed by atoms with van der Waals surface area (Å²) < 4.78 is 53.4. The second kappa shape index (κ2) is 7.48. The molecule has 0 atom stereocenters. The molecule has 2 heterocycles. The number of ether oxygens (including phenoxy) is 2. The highest BCUT2D eigenvalue weighted by atomic mass is 19.4. The van der Waals surface area contributed by atoms with Crippen LogP contribution in [0.25, 0.3) is 11.4 Å². The van der Waals surface area contributed by atoms with Crippen LogP contribution in [0.2, 0.25) is 0 Å². The Labute approximate surface area is 150 Å². The summed E-state index contributed by atoms with van der Waals surface area (Å²) in [5, 5.41) is 7.28. The van der Waals surface area contributed by atoms with Crippen LogP contribution >= 0.6 is 0 Å². The summed E-state index contributed by atoms with van der Waals surface area (Å²) in [5.41, 5.74) is 0.638. The number of nitrogens with zero attached hydrogens (tertiary/aromatic N) is 4. The highest BCUT2D eigenvalue weighted by Gasteiger charge is 2.38. The van der Waals surface area contributed by atoms with E-state index in [0.717, 1.165) is 0 Å². The molecule has 0 saturated carbocycles. The minimum atomic E-state index is -4.69. The van der Waals surface area contributed by atoms with E-state index in [1.54, 1.807) is 6.92 Å². The Morgan fingerprint density at radius 3 is 2.63 bits per heavy atom. The standard InChI is InChI=1S/C16H13F3N4O4/c1-2-25-14(24)11-7-20-23(8-11)9-26-12-5-3-10(4-6-12)13-21-15(27-22-13)16(17,18)19/h3-8H,2,9H2,1H3. The van der Waals surface area contributed by atoms with E-state index in [1.165, 1.54) is 41.3 Å². The molecule has 0 spiro atoms. The van der Waals surface area contributed by atoms with Gasteiger partial charge in [0.1, 0.15) is 5.75 Å². The lowest BCUT2D eigenvalue weighted by Crippen LogP contribution is -2.06. The number of carbonyl (C=O) groups is 1. The predicted octanol–water partition coefficient (Wildman–Crippen LogP) is 3.17. The fourth-order valence-corrected chi connectivity index (χ4v) is 2.05. The zero-order valence-electron chi connectivity index (χ0n) is 13.9. The molecule has 0 N–H and O–H groups in total. The van der Waals surface area contributed by atoms with E-state index in [4.69, 9.17) is 9.47 Å². The Balaban J connectivity index is 1.61. The van der Waals surface area contributed by atoms with Crippen LogP contribution in [0.5, 0.6) is 5.75 Å². The lowest BCUT2D eigenvalue weighted by Gasteiger charge is -2.06. The number of alkyl halides is 3. The largest absolute Gasteiger partial charge is 0.471 e. The second-order valence-electron chi connectivity index (χ2n) is 5.21. The van der Waals surface area contributed by atoms with Crippen LogP contribution in [-0.4, -0.2) is 32.5 Å². The van der Waals surface area contributed by atoms with Gasteiger partial charge < -0.3 is 14.0 Å². The quantitative estimate of drug-likeness (QED) is 0.605. The first-order chi connectivity index (χ1) is 12.9. The summed E-state index contributed by atoms with van der Waals surface area (Å²) >= 11 is 0. The first kappa shape index (κ1) is 18.4. The zero-order valence-corrected chi connectivity index (χ0v) is 13.9.